The summed E-state index contributed by atoms with van der Waals surface area (Å²) >= 11 is 0. The minimum Gasteiger partial charge on any atom is -0.305 e. The summed E-state index contributed by atoms with van der Waals surface area (Å²) in [6.45, 7) is 9.99. The zero-order chi connectivity index (χ0) is 9.56. The fourth-order valence-corrected chi connectivity index (χ4v) is 1.12. The molecule has 0 saturated heterocycles. The molecule has 0 aromatic rings. The van der Waals surface area contributed by atoms with Crippen LogP contribution in [-0.2, 0) is 0 Å². The lowest BCUT2D eigenvalue weighted by molar-refractivity contribution is 0.645. The molecule has 1 unspecified atom stereocenters. The molecule has 0 radical (unpaired) electrons. The van der Waals surface area contributed by atoms with Gasteiger partial charge in [-0.1, -0.05) is 32.1 Å². The Morgan fingerprint density at radius 2 is 2.17 bits per heavy atom. The van der Waals surface area contributed by atoms with Crippen LogP contribution in [0.2, 0.25) is 0 Å². The quantitative estimate of drug-likeness (QED) is 0.475. The van der Waals surface area contributed by atoms with Gasteiger partial charge in [0.2, 0.25) is 0 Å². The Kier molecular flexibility index (Phi) is 5.35. The SMILES string of the molecule is C=CC(=N)C/C(=C\C)C(C)CC. The van der Waals surface area contributed by atoms with Crippen LogP contribution in [-0.4, -0.2) is 5.71 Å². The highest BCUT2D eigenvalue weighted by Crippen LogP contribution is 2.17. The average Bonchev–Trinajstić information content (AvgIpc) is 2.12. The van der Waals surface area contributed by atoms with Gasteiger partial charge in [0.1, 0.15) is 0 Å². The Morgan fingerprint density at radius 1 is 1.58 bits per heavy atom. The Labute approximate surface area is 75.7 Å². The first-order valence-corrected chi connectivity index (χ1v) is 4.50. The molecule has 0 amide bonds. The van der Waals surface area contributed by atoms with Crippen molar-refractivity contribution in [3.05, 3.63) is 24.3 Å². The van der Waals surface area contributed by atoms with Gasteiger partial charge in [-0.15, -0.1) is 0 Å². The fraction of sp³-hybridized carbons (Fsp3) is 0.545. The van der Waals surface area contributed by atoms with E-state index in [0.29, 0.717) is 11.6 Å². The maximum absolute atomic E-state index is 7.48. The lowest BCUT2D eigenvalue weighted by Crippen LogP contribution is -2.02. The van der Waals surface area contributed by atoms with Gasteiger partial charge in [0.25, 0.3) is 0 Å². The van der Waals surface area contributed by atoms with Gasteiger partial charge in [-0.05, 0) is 25.3 Å². The summed E-state index contributed by atoms with van der Waals surface area (Å²) in [5.74, 6) is 0.593. The molecule has 12 heavy (non-hydrogen) atoms. The van der Waals surface area contributed by atoms with Crippen molar-refractivity contribution in [3.63, 3.8) is 0 Å². The normalized spacial score (nSPS) is 14.1. The van der Waals surface area contributed by atoms with Crippen molar-refractivity contribution in [2.45, 2.75) is 33.6 Å². The summed E-state index contributed by atoms with van der Waals surface area (Å²) in [7, 11) is 0. The zero-order valence-corrected chi connectivity index (χ0v) is 8.35. The highest BCUT2D eigenvalue weighted by Gasteiger charge is 2.06. The van der Waals surface area contributed by atoms with Crippen LogP contribution in [0.4, 0.5) is 0 Å². The number of hydrogen-bond acceptors (Lipinski definition) is 1. The first-order chi connectivity index (χ1) is 5.65. The number of rotatable bonds is 5. The van der Waals surface area contributed by atoms with Crippen LogP contribution in [0.25, 0.3) is 0 Å². The van der Waals surface area contributed by atoms with Gasteiger partial charge in [-0.3, -0.25) is 0 Å². The topological polar surface area (TPSA) is 23.9 Å². The molecule has 0 aromatic carbocycles. The smallest absolute Gasteiger partial charge is 0.0348 e. The molecular formula is C11H19N. The van der Waals surface area contributed by atoms with Crippen LogP contribution in [0.15, 0.2) is 24.3 Å². The third kappa shape index (κ3) is 3.51. The van der Waals surface area contributed by atoms with Gasteiger partial charge in [-0.2, -0.15) is 0 Å². The van der Waals surface area contributed by atoms with Crippen LogP contribution < -0.4 is 0 Å². The van der Waals surface area contributed by atoms with Gasteiger partial charge < -0.3 is 5.41 Å². The maximum Gasteiger partial charge on any atom is 0.0348 e. The predicted octanol–water partition coefficient (Wildman–Crippen LogP) is 3.57. The molecule has 0 aliphatic heterocycles. The Bertz CT molecular complexity index is 189. The molecule has 1 nitrogen and oxygen atoms in total. The van der Waals surface area contributed by atoms with Crippen LogP contribution in [0.1, 0.15) is 33.6 Å². The van der Waals surface area contributed by atoms with Crippen molar-refractivity contribution >= 4 is 5.71 Å². The molecule has 1 atom stereocenters. The lowest BCUT2D eigenvalue weighted by Gasteiger charge is -2.12. The van der Waals surface area contributed by atoms with Crippen molar-refractivity contribution in [2.24, 2.45) is 5.92 Å². The summed E-state index contributed by atoms with van der Waals surface area (Å²) < 4.78 is 0. The molecule has 0 aliphatic carbocycles. The second-order valence-corrected chi connectivity index (χ2v) is 3.08. The van der Waals surface area contributed by atoms with E-state index in [2.05, 4.69) is 26.5 Å². The standard InChI is InChI=1S/C11H19N/c1-5-9(4)10(6-2)8-11(12)7-3/h6-7,9,12H,3,5,8H2,1-2,4H3/b10-6+,12-11?. The largest absolute Gasteiger partial charge is 0.305 e. The van der Waals surface area contributed by atoms with E-state index in [4.69, 9.17) is 5.41 Å². The average molecular weight is 165 g/mol. The van der Waals surface area contributed by atoms with Crippen molar-refractivity contribution in [3.8, 4) is 0 Å². The molecule has 0 spiro atoms. The van der Waals surface area contributed by atoms with E-state index in [0.717, 1.165) is 12.8 Å². The summed E-state index contributed by atoms with van der Waals surface area (Å²) in [6.07, 6.45) is 5.64. The van der Waals surface area contributed by atoms with Gasteiger partial charge >= 0.3 is 0 Å². The number of nitrogens with one attached hydrogen (secondary N) is 1. The monoisotopic (exact) mass is 165 g/mol. The second kappa shape index (κ2) is 5.76. The van der Waals surface area contributed by atoms with E-state index < -0.39 is 0 Å². The first kappa shape index (κ1) is 11.2. The molecule has 0 heterocycles. The van der Waals surface area contributed by atoms with Crippen LogP contribution in [0.5, 0.6) is 0 Å². The molecule has 1 heteroatoms. The van der Waals surface area contributed by atoms with E-state index >= 15 is 0 Å². The molecule has 1 N–H and O–H groups in total. The lowest BCUT2D eigenvalue weighted by atomic mass is 9.94. The van der Waals surface area contributed by atoms with Gasteiger partial charge in [0, 0.05) is 12.1 Å². The van der Waals surface area contributed by atoms with Crippen molar-refractivity contribution in [1.82, 2.24) is 0 Å². The van der Waals surface area contributed by atoms with E-state index in [-0.39, 0.29) is 0 Å². The Hall–Kier alpha value is -0.850. The Balaban J connectivity index is 4.19. The molecule has 68 valence electrons. The van der Waals surface area contributed by atoms with Crippen LogP contribution >= 0.6 is 0 Å². The van der Waals surface area contributed by atoms with Gasteiger partial charge in [0.15, 0.2) is 0 Å². The van der Waals surface area contributed by atoms with E-state index in [1.54, 1.807) is 6.08 Å². The van der Waals surface area contributed by atoms with E-state index in [1.807, 2.05) is 6.92 Å². The summed E-state index contributed by atoms with van der Waals surface area (Å²) in [5, 5.41) is 7.48. The third-order valence-corrected chi connectivity index (χ3v) is 2.26. The minimum absolute atomic E-state index is 0.593. The minimum atomic E-state index is 0.593. The summed E-state index contributed by atoms with van der Waals surface area (Å²) in [5.41, 5.74) is 1.96. The van der Waals surface area contributed by atoms with E-state index in [1.165, 1.54) is 5.57 Å². The van der Waals surface area contributed by atoms with Gasteiger partial charge in [-0.25, -0.2) is 0 Å². The predicted molar refractivity (Wildman–Crippen MR) is 55.8 cm³/mol. The second-order valence-electron chi connectivity index (χ2n) is 3.08. The zero-order valence-electron chi connectivity index (χ0n) is 8.35. The van der Waals surface area contributed by atoms with Crippen LogP contribution in [0.3, 0.4) is 0 Å². The van der Waals surface area contributed by atoms with Crippen molar-refractivity contribution in [2.75, 3.05) is 0 Å². The molecule has 0 aliphatic rings. The molecule has 0 rings (SSSR count). The molecule has 0 saturated carbocycles. The summed E-state index contributed by atoms with van der Waals surface area (Å²) in [6, 6.07) is 0. The Morgan fingerprint density at radius 3 is 2.50 bits per heavy atom. The number of hydrogen-bond donors (Lipinski definition) is 1. The number of allylic oxidation sites excluding steroid dienone is 3. The molecule has 0 bridgehead atoms. The van der Waals surface area contributed by atoms with E-state index in [9.17, 15) is 0 Å². The fourth-order valence-electron chi connectivity index (χ4n) is 1.12. The first-order valence-electron chi connectivity index (χ1n) is 4.50. The van der Waals surface area contributed by atoms with Crippen molar-refractivity contribution in [1.29, 1.82) is 5.41 Å². The molecule has 0 fully saturated rings. The highest BCUT2D eigenvalue weighted by atomic mass is 14.4. The molecular weight excluding hydrogens is 146 g/mol. The highest BCUT2D eigenvalue weighted by molar-refractivity contribution is 5.93. The maximum atomic E-state index is 7.48. The summed E-state index contributed by atoms with van der Waals surface area (Å²) in [4.78, 5) is 0. The third-order valence-electron chi connectivity index (χ3n) is 2.26. The van der Waals surface area contributed by atoms with Gasteiger partial charge in [0.05, 0.1) is 0 Å². The molecule has 0 aromatic heterocycles. The van der Waals surface area contributed by atoms with Crippen molar-refractivity contribution < 1.29 is 0 Å². The van der Waals surface area contributed by atoms with Crippen LogP contribution in [0, 0.1) is 11.3 Å².